The van der Waals surface area contributed by atoms with Crippen LogP contribution in [0, 0.1) is 0 Å². The third-order valence-electron chi connectivity index (χ3n) is 4.36. The van der Waals surface area contributed by atoms with E-state index in [1.54, 1.807) is 24.3 Å². The summed E-state index contributed by atoms with van der Waals surface area (Å²) in [6, 6.07) is 12.9. The molecule has 0 fully saturated rings. The smallest absolute Gasteiger partial charge is 0.307 e. The van der Waals surface area contributed by atoms with Gasteiger partial charge in [0.1, 0.15) is 5.75 Å². The zero-order valence-electron chi connectivity index (χ0n) is 15.9. The van der Waals surface area contributed by atoms with Crippen LogP contribution in [0.4, 0.5) is 5.69 Å². The molecular formula is C22H25NO4. The second-order valence-electron chi connectivity index (χ2n) is 6.06. The van der Waals surface area contributed by atoms with Gasteiger partial charge in [-0.3, -0.25) is 9.59 Å². The number of rotatable bonds is 9. The summed E-state index contributed by atoms with van der Waals surface area (Å²) in [6.45, 7) is 6.12. The number of ether oxygens (including phenoxy) is 1. The molecule has 0 radical (unpaired) electrons. The van der Waals surface area contributed by atoms with E-state index >= 15 is 0 Å². The van der Waals surface area contributed by atoms with E-state index in [4.69, 9.17) is 9.84 Å². The van der Waals surface area contributed by atoms with Crippen molar-refractivity contribution in [3.63, 3.8) is 0 Å². The highest BCUT2D eigenvalue weighted by Crippen LogP contribution is 2.21. The van der Waals surface area contributed by atoms with Crippen LogP contribution in [-0.2, 0) is 11.2 Å². The third kappa shape index (κ3) is 5.45. The Bertz CT molecular complexity index is 821. The molecular weight excluding hydrogens is 342 g/mol. The van der Waals surface area contributed by atoms with Gasteiger partial charge in [-0.05, 0) is 55.8 Å². The SMILES string of the molecule is CCN(CC)c1ccc(/C=C/C(=O)c2ccc(OC)c(CC(=O)O)c2)cc1. The molecule has 2 aromatic carbocycles. The first kappa shape index (κ1) is 20.2. The predicted molar refractivity (Wildman–Crippen MR) is 108 cm³/mol. The molecule has 0 bridgehead atoms. The van der Waals surface area contributed by atoms with Crippen LogP contribution in [0.25, 0.3) is 6.08 Å². The summed E-state index contributed by atoms with van der Waals surface area (Å²) in [6.07, 6.45) is 3.06. The average Bonchev–Trinajstić information content (AvgIpc) is 2.67. The molecule has 0 saturated carbocycles. The van der Waals surface area contributed by atoms with Crippen LogP contribution in [-0.4, -0.2) is 37.1 Å². The summed E-state index contributed by atoms with van der Waals surface area (Å²) in [4.78, 5) is 25.7. The molecule has 2 aromatic rings. The minimum atomic E-state index is -0.971. The summed E-state index contributed by atoms with van der Waals surface area (Å²) < 4.78 is 5.16. The first-order valence-electron chi connectivity index (χ1n) is 8.94. The van der Waals surface area contributed by atoms with Crippen LogP contribution in [0.15, 0.2) is 48.5 Å². The third-order valence-corrected chi connectivity index (χ3v) is 4.36. The monoisotopic (exact) mass is 367 g/mol. The Kier molecular flexibility index (Phi) is 7.17. The molecule has 5 heteroatoms. The first-order valence-corrected chi connectivity index (χ1v) is 8.94. The van der Waals surface area contributed by atoms with E-state index in [1.165, 1.54) is 13.2 Å². The lowest BCUT2D eigenvalue weighted by atomic mass is 10.0. The quantitative estimate of drug-likeness (QED) is 0.535. The Hall–Kier alpha value is -3.08. The molecule has 1 N–H and O–H groups in total. The number of aliphatic carboxylic acids is 1. The molecule has 0 amide bonds. The molecule has 0 aromatic heterocycles. The highest BCUT2D eigenvalue weighted by molar-refractivity contribution is 6.07. The molecule has 0 aliphatic carbocycles. The highest BCUT2D eigenvalue weighted by Gasteiger charge is 2.11. The second-order valence-corrected chi connectivity index (χ2v) is 6.06. The van der Waals surface area contributed by atoms with Crippen molar-refractivity contribution in [2.45, 2.75) is 20.3 Å². The van der Waals surface area contributed by atoms with Crippen molar-refractivity contribution in [2.75, 3.05) is 25.1 Å². The Morgan fingerprint density at radius 2 is 1.74 bits per heavy atom. The summed E-state index contributed by atoms with van der Waals surface area (Å²) in [5.74, 6) is -0.691. The van der Waals surface area contributed by atoms with Gasteiger partial charge in [0.05, 0.1) is 13.5 Å². The standard InChI is InChI=1S/C22H25NO4/c1-4-23(5-2)19-10-6-16(7-11-19)8-12-20(24)17-9-13-21(27-3)18(14-17)15-22(25)26/h6-14H,4-5,15H2,1-3H3,(H,25,26)/b12-8+. The van der Waals surface area contributed by atoms with Gasteiger partial charge in [0.25, 0.3) is 0 Å². The van der Waals surface area contributed by atoms with E-state index < -0.39 is 5.97 Å². The number of carboxylic acids is 1. The van der Waals surface area contributed by atoms with Gasteiger partial charge in [-0.1, -0.05) is 18.2 Å². The molecule has 0 saturated heterocycles. The Balaban J connectivity index is 2.15. The van der Waals surface area contributed by atoms with Gasteiger partial charge in [-0.25, -0.2) is 0 Å². The Morgan fingerprint density at radius 1 is 1.07 bits per heavy atom. The molecule has 27 heavy (non-hydrogen) atoms. The largest absolute Gasteiger partial charge is 0.496 e. The maximum atomic E-state index is 12.4. The number of carbonyl (C=O) groups is 2. The fraction of sp³-hybridized carbons (Fsp3) is 0.273. The van der Waals surface area contributed by atoms with Gasteiger partial charge >= 0.3 is 5.97 Å². The Morgan fingerprint density at radius 3 is 2.30 bits per heavy atom. The summed E-state index contributed by atoms with van der Waals surface area (Å²) >= 11 is 0. The van der Waals surface area contributed by atoms with E-state index in [0.29, 0.717) is 16.9 Å². The number of hydrogen-bond acceptors (Lipinski definition) is 4. The van der Waals surface area contributed by atoms with E-state index in [0.717, 1.165) is 24.3 Å². The normalized spacial score (nSPS) is 10.8. The fourth-order valence-corrected chi connectivity index (χ4v) is 2.89. The molecule has 0 aliphatic heterocycles. The van der Waals surface area contributed by atoms with Crippen molar-refractivity contribution in [2.24, 2.45) is 0 Å². The molecule has 0 heterocycles. The van der Waals surface area contributed by atoms with Crippen LogP contribution in [0.5, 0.6) is 5.75 Å². The number of benzene rings is 2. The van der Waals surface area contributed by atoms with Gasteiger partial charge in [0.15, 0.2) is 5.78 Å². The molecule has 5 nitrogen and oxygen atoms in total. The van der Waals surface area contributed by atoms with Gasteiger partial charge in [-0.15, -0.1) is 0 Å². The van der Waals surface area contributed by atoms with Gasteiger partial charge in [0.2, 0.25) is 0 Å². The molecule has 0 atom stereocenters. The number of anilines is 1. The zero-order valence-corrected chi connectivity index (χ0v) is 15.9. The number of nitrogens with zero attached hydrogens (tertiary/aromatic N) is 1. The van der Waals surface area contributed by atoms with Crippen LogP contribution in [0.1, 0.15) is 35.3 Å². The van der Waals surface area contributed by atoms with Crippen LogP contribution in [0.3, 0.4) is 0 Å². The lowest BCUT2D eigenvalue weighted by Gasteiger charge is -2.20. The number of carbonyl (C=O) groups excluding carboxylic acids is 1. The van der Waals surface area contributed by atoms with E-state index in [9.17, 15) is 9.59 Å². The second kappa shape index (κ2) is 9.57. The minimum Gasteiger partial charge on any atom is -0.496 e. The molecule has 0 unspecified atom stereocenters. The average molecular weight is 367 g/mol. The fourth-order valence-electron chi connectivity index (χ4n) is 2.89. The topological polar surface area (TPSA) is 66.8 Å². The van der Waals surface area contributed by atoms with Crippen molar-refractivity contribution >= 4 is 23.5 Å². The van der Waals surface area contributed by atoms with Crippen molar-refractivity contribution in [3.8, 4) is 5.75 Å². The van der Waals surface area contributed by atoms with E-state index in [-0.39, 0.29) is 12.2 Å². The maximum Gasteiger partial charge on any atom is 0.307 e. The van der Waals surface area contributed by atoms with Crippen molar-refractivity contribution in [3.05, 3.63) is 65.2 Å². The van der Waals surface area contributed by atoms with Crippen molar-refractivity contribution in [1.82, 2.24) is 0 Å². The number of ketones is 1. The van der Waals surface area contributed by atoms with Gasteiger partial charge in [-0.2, -0.15) is 0 Å². The number of hydrogen-bond donors (Lipinski definition) is 1. The maximum absolute atomic E-state index is 12.4. The van der Waals surface area contributed by atoms with Gasteiger partial charge < -0.3 is 14.7 Å². The lowest BCUT2D eigenvalue weighted by Crippen LogP contribution is -2.21. The number of methoxy groups -OCH3 is 1. The summed E-state index contributed by atoms with van der Waals surface area (Å²) in [7, 11) is 1.48. The Labute approximate surface area is 159 Å². The van der Waals surface area contributed by atoms with Crippen LogP contribution in [0.2, 0.25) is 0 Å². The first-order chi connectivity index (χ1) is 13.0. The molecule has 2 rings (SSSR count). The van der Waals surface area contributed by atoms with Gasteiger partial charge in [0, 0.05) is 29.9 Å². The number of carboxylic acid groups (broad SMARTS) is 1. The van der Waals surface area contributed by atoms with E-state index in [2.05, 4.69) is 18.7 Å². The summed E-state index contributed by atoms with van der Waals surface area (Å²) in [5, 5.41) is 9.01. The molecule has 142 valence electrons. The van der Waals surface area contributed by atoms with E-state index in [1.807, 2.05) is 24.3 Å². The lowest BCUT2D eigenvalue weighted by molar-refractivity contribution is -0.136. The highest BCUT2D eigenvalue weighted by atomic mass is 16.5. The van der Waals surface area contributed by atoms with Crippen LogP contribution >= 0.6 is 0 Å². The van der Waals surface area contributed by atoms with Crippen molar-refractivity contribution < 1.29 is 19.4 Å². The van der Waals surface area contributed by atoms with Crippen LogP contribution < -0.4 is 9.64 Å². The molecule has 0 aliphatic rings. The van der Waals surface area contributed by atoms with Crippen molar-refractivity contribution in [1.29, 1.82) is 0 Å². The zero-order chi connectivity index (χ0) is 19.8. The predicted octanol–water partition coefficient (Wildman–Crippen LogP) is 4.06. The summed E-state index contributed by atoms with van der Waals surface area (Å²) in [5.41, 5.74) is 2.99. The number of allylic oxidation sites excluding steroid dienone is 1. The molecule has 0 spiro atoms. The minimum absolute atomic E-state index is 0.183.